The number of hydrogen-bond acceptors (Lipinski definition) is 4. The van der Waals surface area contributed by atoms with Crippen molar-refractivity contribution in [2.75, 3.05) is 5.32 Å². The molecule has 1 aromatic carbocycles. The average molecular weight is 307 g/mol. The molecular formula is C17H14FN5. The first-order valence-electron chi connectivity index (χ1n) is 7.07. The zero-order chi connectivity index (χ0) is 16.2. The van der Waals surface area contributed by atoms with Crippen molar-refractivity contribution in [3.63, 3.8) is 0 Å². The largest absolute Gasteiger partial charge is 0.380 e. The fourth-order valence-corrected chi connectivity index (χ4v) is 2.30. The number of hydrogen-bond donors (Lipinski definition) is 1. The number of pyridine rings is 1. The number of halogens is 1. The van der Waals surface area contributed by atoms with Gasteiger partial charge < -0.3 is 5.32 Å². The number of aromatic nitrogens is 3. The van der Waals surface area contributed by atoms with E-state index in [9.17, 15) is 4.39 Å². The molecule has 3 aromatic rings. The molecule has 0 amide bonds. The van der Waals surface area contributed by atoms with E-state index in [0.29, 0.717) is 12.2 Å². The topological polar surface area (TPSA) is 66.5 Å². The van der Waals surface area contributed by atoms with E-state index in [0.717, 1.165) is 17.2 Å². The lowest BCUT2D eigenvalue weighted by Crippen LogP contribution is -2.05. The fraction of sp³-hybridized carbons (Fsp3) is 0.118. The van der Waals surface area contributed by atoms with Gasteiger partial charge in [-0.2, -0.15) is 5.26 Å². The van der Waals surface area contributed by atoms with Gasteiger partial charge in [0.05, 0.1) is 5.69 Å². The minimum atomic E-state index is -0.526. The van der Waals surface area contributed by atoms with E-state index >= 15 is 0 Å². The molecule has 0 unspecified atom stereocenters. The number of aryl methyl sites for hydroxylation is 1. The molecule has 114 valence electrons. The highest BCUT2D eigenvalue weighted by molar-refractivity contribution is 5.58. The van der Waals surface area contributed by atoms with E-state index in [1.807, 2.05) is 35.9 Å². The van der Waals surface area contributed by atoms with Gasteiger partial charge >= 0.3 is 0 Å². The van der Waals surface area contributed by atoms with Gasteiger partial charge in [0.15, 0.2) is 0 Å². The van der Waals surface area contributed by atoms with Crippen LogP contribution in [0.5, 0.6) is 0 Å². The summed E-state index contributed by atoms with van der Waals surface area (Å²) in [6, 6.07) is 10.2. The van der Waals surface area contributed by atoms with Gasteiger partial charge in [0.1, 0.15) is 29.1 Å². The summed E-state index contributed by atoms with van der Waals surface area (Å²) in [5.74, 6) is 1.08. The number of nitrogens with one attached hydrogen (secondary N) is 1. The van der Waals surface area contributed by atoms with E-state index < -0.39 is 5.82 Å². The predicted molar refractivity (Wildman–Crippen MR) is 84.5 cm³/mol. The molecule has 0 fully saturated rings. The van der Waals surface area contributed by atoms with Gasteiger partial charge in [0.2, 0.25) is 0 Å². The number of nitrogens with zero attached hydrogens (tertiary/aromatic N) is 4. The average Bonchev–Trinajstić information content (AvgIpc) is 2.99. The van der Waals surface area contributed by atoms with Gasteiger partial charge in [-0.25, -0.2) is 14.4 Å². The number of rotatable bonds is 4. The van der Waals surface area contributed by atoms with Crippen molar-refractivity contribution < 1.29 is 4.39 Å². The van der Waals surface area contributed by atoms with Crippen LogP contribution in [0.1, 0.15) is 17.0 Å². The SMILES string of the molecule is Cc1nccn1-c1cc(CNc2cccc(F)c2C#N)ccn1. The fourth-order valence-electron chi connectivity index (χ4n) is 2.30. The Balaban J connectivity index is 1.81. The summed E-state index contributed by atoms with van der Waals surface area (Å²) in [6.45, 7) is 2.36. The molecule has 0 bridgehead atoms. The second kappa shape index (κ2) is 6.28. The van der Waals surface area contributed by atoms with Gasteiger partial charge in [-0.1, -0.05) is 6.07 Å². The smallest absolute Gasteiger partial charge is 0.143 e. The molecule has 1 N–H and O–H groups in total. The third-order valence-electron chi connectivity index (χ3n) is 3.49. The predicted octanol–water partition coefficient (Wildman–Crippen LogP) is 3.20. The molecule has 2 aromatic heterocycles. The molecule has 0 atom stereocenters. The van der Waals surface area contributed by atoms with Gasteiger partial charge in [0.25, 0.3) is 0 Å². The van der Waals surface area contributed by atoms with Crippen molar-refractivity contribution in [3.05, 3.63) is 71.7 Å². The zero-order valence-electron chi connectivity index (χ0n) is 12.5. The molecule has 0 saturated heterocycles. The van der Waals surface area contributed by atoms with Crippen molar-refractivity contribution >= 4 is 5.69 Å². The van der Waals surface area contributed by atoms with Gasteiger partial charge in [-0.3, -0.25) is 4.57 Å². The van der Waals surface area contributed by atoms with Crippen molar-refractivity contribution in [1.29, 1.82) is 5.26 Å². The second-order valence-electron chi connectivity index (χ2n) is 4.99. The van der Waals surface area contributed by atoms with Crippen LogP contribution in [0.25, 0.3) is 5.82 Å². The highest BCUT2D eigenvalue weighted by Crippen LogP contribution is 2.19. The van der Waals surface area contributed by atoms with Crippen LogP contribution in [0.15, 0.2) is 48.9 Å². The van der Waals surface area contributed by atoms with E-state index in [-0.39, 0.29) is 5.56 Å². The maximum absolute atomic E-state index is 13.6. The Bertz CT molecular complexity index is 879. The molecule has 23 heavy (non-hydrogen) atoms. The Morgan fingerprint density at radius 1 is 1.26 bits per heavy atom. The van der Waals surface area contributed by atoms with Crippen molar-refractivity contribution in [3.8, 4) is 11.9 Å². The van der Waals surface area contributed by atoms with Crippen LogP contribution >= 0.6 is 0 Å². The minimum absolute atomic E-state index is 0.0206. The molecule has 0 aliphatic carbocycles. The van der Waals surface area contributed by atoms with Crippen molar-refractivity contribution in [2.24, 2.45) is 0 Å². The summed E-state index contributed by atoms with van der Waals surface area (Å²) < 4.78 is 15.5. The monoisotopic (exact) mass is 307 g/mol. The zero-order valence-corrected chi connectivity index (χ0v) is 12.5. The van der Waals surface area contributed by atoms with Crippen LogP contribution in [0.2, 0.25) is 0 Å². The molecule has 3 rings (SSSR count). The van der Waals surface area contributed by atoms with Crippen LogP contribution in [0, 0.1) is 24.1 Å². The maximum Gasteiger partial charge on any atom is 0.143 e. The minimum Gasteiger partial charge on any atom is -0.380 e. The van der Waals surface area contributed by atoms with Crippen LogP contribution in [0.4, 0.5) is 10.1 Å². The summed E-state index contributed by atoms with van der Waals surface area (Å²) in [5, 5.41) is 12.1. The van der Waals surface area contributed by atoms with Crippen LogP contribution in [-0.4, -0.2) is 14.5 Å². The number of anilines is 1. The Hall–Kier alpha value is -3.20. The van der Waals surface area contributed by atoms with E-state index in [4.69, 9.17) is 5.26 Å². The molecule has 0 aliphatic heterocycles. The Labute approximate surface area is 133 Å². The molecule has 2 heterocycles. The standard InChI is InChI=1S/C17H14FN5/c1-12-20-7-8-23(12)17-9-13(5-6-21-17)11-22-16-4-2-3-15(18)14(16)10-19/h2-9,22H,11H2,1H3. The van der Waals surface area contributed by atoms with Crippen molar-refractivity contribution in [1.82, 2.24) is 14.5 Å². The van der Waals surface area contributed by atoms with Crippen molar-refractivity contribution in [2.45, 2.75) is 13.5 Å². The highest BCUT2D eigenvalue weighted by atomic mass is 19.1. The lowest BCUT2D eigenvalue weighted by molar-refractivity contribution is 0.624. The summed E-state index contributed by atoms with van der Waals surface area (Å²) >= 11 is 0. The first-order chi connectivity index (χ1) is 11.2. The Morgan fingerprint density at radius 2 is 2.13 bits per heavy atom. The molecule has 5 nitrogen and oxygen atoms in total. The van der Waals surface area contributed by atoms with E-state index in [1.54, 1.807) is 24.5 Å². The lowest BCUT2D eigenvalue weighted by Gasteiger charge is -2.10. The Kier molecular flexibility index (Phi) is 4.02. The van der Waals surface area contributed by atoms with E-state index in [1.165, 1.54) is 6.07 Å². The molecule has 0 saturated carbocycles. The van der Waals surface area contributed by atoms with Crippen LogP contribution in [-0.2, 0) is 6.54 Å². The summed E-state index contributed by atoms with van der Waals surface area (Å²) in [4.78, 5) is 8.51. The quantitative estimate of drug-likeness (QED) is 0.804. The third-order valence-corrected chi connectivity index (χ3v) is 3.49. The van der Waals surface area contributed by atoms with Crippen LogP contribution < -0.4 is 5.32 Å². The molecule has 0 spiro atoms. The maximum atomic E-state index is 13.6. The molecule has 0 radical (unpaired) electrons. The van der Waals surface area contributed by atoms with Crippen LogP contribution in [0.3, 0.4) is 0 Å². The molecule has 6 heteroatoms. The first-order valence-corrected chi connectivity index (χ1v) is 7.07. The van der Waals surface area contributed by atoms with Gasteiger partial charge in [0, 0.05) is 25.1 Å². The number of benzene rings is 1. The van der Waals surface area contributed by atoms with Gasteiger partial charge in [-0.05, 0) is 36.8 Å². The summed E-state index contributed by atoms with van der Waals surface area (Å²) in [7, 11) is 0. The highest BCUT2D eigenvalue weighted by Gasteiger charge is 2.08. The lowest BCUT2D eigenvalue weighted by atomic mass is 10.1. The normalized spacial score (nSPS) is 10.3. The molecule has 0 aliphatic rings. The summed E-state index contributed by atoms with van der Waals surface area (Å²) in [5.41, 5.74) is 1.47. The van der Waals surface area contributed by atoms with Gasteiger partial charge in [-0.15, -0.1) is 0 Å². The molecular weight excluding hydrogens is 293 g/mol. The first kappa shape index (κ1) is 14.7. The van der Waals surface area contributed by atoms with E-state index in [2.05, 4.69) is 15.3 Å². The summed E-state index contributed by atoms with van der Waals surface area (Å²) in [6.07, 6.45) is 5.27. The second-order valence-corrected chi connectivity index (χ2v) is 4.99. The third kappa shape index (κ3) is 3.04. The Morgan fingerprint density at radius 3 is 2.87 bits per heavy atom. The number of imidazole rings is 1. The number of nitriles is 1.